The first-order valence-corrected chi connectivity index (χ1v) is 9.04. The van der Waals surface area contributed by atoms with Crippen molar-refractivity contribution in [1.82, 2.24) is 5.32 Å². The number of likely N-dealkylation sites (N-methyl/N-ethyl adjacent to an activating group) is 1. The Labute approximate surface area is 143 Å². The van der Waals surface area contributed by atoms with Gasteiger partial charge >= 0.3 is 0 Å². The van der Waals surface area contributed by atoms with Crippen LogP contribution in [0.5, 0.6) is 0 Å². The molecule has 136 valence electrons. The Morgan fingerprint density at radius 2 is 1.74 bits per heavy atom. The van der Waals surface area contributed by atoms with Crippen molar-refractivity contribution in [2.75, 3.05) is 33.4 Å². The first-order chi connectivity index (χ1) is 10.8. The molecule has 1 rings (SSSR count). The van der Waals surface area contributed by atoms with Gasteiger partial charge in [0, 0.05) is 13.0 Å². The van der Waals surface area contributed by atoms with Gasteiger partial charge in [0.1, 0.15) is 0 Å². The summed E-state index contributed by atoms with van der Waals surface area (Å²) in [6.45, 7) is 11.7. The largest absolute Gasteiger partial charge is 0.378 e. The summed E-state index contributed by atoms with van der Waals surface area (Å²) >= 11 is 0. The van der Waals surface area contributed by atoms with Crippen LogP contribution in [0, 0.1) is 0 Å². The molecule has 0 amide bonds. The average Bonchev–Trinajstić information content (AvgIpc) is 2.41. The summed E-state index contributed by atoms with van der Waals surface area (Å²) in [7, 11) is 1.94. The predicted molar refractivity (Wildman–Crippen MR) is 96.0 cm³/mol. The molecule has 0 spiro atoms. The fourth-order valence-electron chi connectivity index (χ4n) is 2.75. The SMILES string of the molecule is CNCCOC(C)(C)CCOC(C)(C)CC1CC/C=C/CCO1. The van der Waals surface area contributed by atoms with Crippen LogP contribution in [0.3, 0.4) is 0 Å². The summed E-state index contributed by atoms with van der Waals surface area (Å²) in [5, 5.41) is 3.10. The predicted octanol–water partition coefficient (Wildman–Crippen LogP) is 3.70. The molecule has 1 N–H and O–H groups in total. The zero-order chi connectivity index (χ0) is 17.2. The molecule has 4 nitrogen and oxygen atoms in total. The molecule has 0 bridgehead atoms. The lowest BCUT2D eigenvalue weighted by Crippen LogP contribution is -2.35. The first kappa shape index (κ1) is 20.6. The monoisotopic (exact) mass is 327 g/mol. The van der Waals surface area contributed by atoms with Crippen molar-refractivity contribution in [1.29, 1.82) is 0 Å². The third kappa shape index (κ3) is 10.1. The van der Waals surface area contributed by atoms with Crippen LogP contribution in [-0.4, -0.2) is 50.7 Å². The highest BCUT2D eigenvalue weighted by molar-refractivity contribution is 4.86. The fourth-order valence-corrected chi connectivity index (χ4v) is 2.75. The second kappa shape index (κ2) is 10.4. The molecule has 0 saturated heterocycles. The van der Waals surface area contributed by atoms with E-state index in [1.165, 1.54) is 0 Å². The van der Waals surface area contributed by atoms with Gasteiger partial charge in [0.15, 0.2) is 0 Å². The maximum atomic E-state index is 6.15. The van der Waals surface area contributed by atoms with Crippen LogP contribution < -0.4 is 5.32 Å². The van der Waals surface area contributed by atoms with E-state index < -0.39 is 0 Å². The number of allylic oxidation sites excluding steroid dienone is 1. The summed E-state index contributed by atoms with van der Waals surface area (Å²) in [5.74, 6) is 0. The van der Waals surface area contributed by atoms with Gasteiger partial charge < -0.3 is 19.5 Å². The van der Waals surface area contributed by atoms with Crippen LogP contribution in [-0.2, 0) is 14.2 Å². The molecule has 23 heavy (non-hydrogen) atoms. The van der Waals surface area contributed by atoms with Gasteiger partial charge in [-0.3, -0.25) is 0 Å². The van der Waals surface area contributed by atoms with E-state index in [0.717, 1.165) is 51.9 Å². The summed E-state index contributed by atoms with van der Waals surface area (Å²) in [6.07, 6.45) is 9.85. The summed E-state index contributed by atoms with van der Waals surface area (Å²) < 4.78 is 18.0. The highest BCUT2D eigenvalue weighted by Crippen LogP contribution is 2.24. The van der Waals surface area contributed by atoms with Crippen LogP contribution in [0.2, 0.25) is 0 Å². The van der Waals surface area contributed by atoms with Crippen LogP contribution in [0.4, 0.5) is 0 Å². The third-order valence-electron chi connectivity index (χ3n) is 4.22. The maximum Gasteiger partial charge on any atom is 0.0651 e. The Balaban J connectivity index is 2.29. The Kier molecular flexibility index (Phi) is 9.37. The van der Waals surface area contributed by atoms with Crippen molar-refractivity contribution in [2.24, 2.45) is 0 Å². The second-order valence-electron chi connectivity index (χ2n) is 7.60. The molecule has 1 heterocycles. The highest BCUT2D eigenvalue weighted by atomic mass is 16.5. The average molecular weight is 328 g/mol. The van der Waals surface area contributed by atoms with Crippen molar-refractivity contribution in [3.8, 4) is 0 Å². The van der Waals surface area contributed by atoms with E-state index in [1.807, 2.05) is 7.05 Å². The van der Waals surface area contributed by atoms with Crippen LogP contribution in [0.25, 0.3) is 0 Å². The minimum Gasteiger partial charge on any atom is -0.378 e. The number of hydrogen-bond donors (Lipinski definition) is 1. The van der Waals surface area contributed by atoms with E-state index in [9.17, 15) is 0 Å². The van der Waals surface area contributed by atoms with Gasteiger partial charge in [-0.1, -0.05) is 12.2 Å². The van der Waals surface area contributed by atoms with E-state index in [4.69, 9.17) is 14.2 Å². The van der Waals surface area contributed by atoms with Gasteiger partial charge in [-0.15, -0.1) is 0 Å². The molecule has 1 atom stereocenters. The van der Waals surface area contributed by atoms with Crippen molar-refractivity contribution in [3.63, 3.8) is 0 Å². The Bertz CT molecular complexity index is 340. The van der Waals surface area contributed by atoms with E-state index in [-0.39, 0.29) is 11.2 Å². The number of ether oxygens (including phenoxy) is 3. The number of rotatable bonds is 10. The Morgan fingerprint density at radius 3 is 2.48 bits per heavy atom. The molecular weight excluding hydrogens is 290 g/mol. The maximum absolute atomic E-state index is 6.15. The molecule has 0 aromatic rings. The molecule has 0 aromatic carbocycles. The Hall–Kier alpha value is -0.420. The van der Waals surface area contributed by atoms with Gasteiger partial charge in [0.25, 0.3) is 0 Å². The number of hydrogen-bond acceptors (Lipinski definition) is 4. The topological polar surface area (TPSA) is 39.7 Å². The zero-order valence-electron chi connectivity index (χ0n) is 15.8. The van der Waals surface area contributed by atoms with Crippen molar-refractivity contribution in [2.45, 2.75) is 77.1 Å². The molecule has 1 unspecified atom stereocenters. The minimum absolute atomic E-state index is 0.144. The van der Waals surface area contributed by atoms with E-state index >= 15 is 0 Å². The summed E-state index contributed by atoms with van der Waals surface area (Å²) in [4.78, 5) is 0. The molecule has 1 aliphatic heterocycles. The van der Waals surface area contributed by atoms with E-state index in [2.05, 4.69) is 45.2 Å². The molecule has 0 radical (unpaired) electrons. The molecule has 0 aliphatic carbocycles. The quantitative estimate of drug-likeness (QED) is 0.490. The van der Waals surface area contributed by atoms with Crippen molar-refractivity contribution < 1.29 is 14.2 Å². The smallest absolute Gasteiger partial charge is 0.0651 e. The Morgan fingerprint density at radius 1 is 1.04 bits per heavy atom. The third-order valence-corrected chi connectivity index (χ3v) is 4.22. The van der Waals surface area contributed by atoms with Gasteiger partial charge in [-0.05, 0) is 60.4 Å². The second-order valence-corrected chi connectivity index (χ2v) is 7.60. The number of nitrogens with one attached hydrogen (secondary N) is 1. The van der Waals surface area contributed by atoms with Crippen LogP contribution >= 0.6 is 0 Å². The van der Waals surface area contributed by atoms with Gasteiger partial charge in [0.2, 0.25) is 0 Å². The van der Waals surface area contributed by atoms with E-state index in [0.29, 0.717) is 12.7 Å². The molecular formula is C19H37NO3. The standard InChI is InChI=1S/C19H37NO3/c1-18(2,23-15-12-20-5)11-14-22-19(3,4)16-17-10-8-6-7-9-13-21-17/h6-7,17,20H,8-16H2,1-5H3/b7-6+. The molecule has 0 aromatic heterocycles. The van der Waals surface area contributed by atoms with Gasteiger partial charge in [-0.25, -0.2) is 0 Å². The lowest BCUT2D eigenvalue weighted by molar-refractivity contribution is -0.0920. The molecule has 1 aliphatic rings. The van der Waals surface area contributed by atoms with E-state index in [1.54, 1.807) is 0 Å². The lowest BCUT2D eigenvalue weighted by Gasteiger charge is -2.32. The molecule has 4 heteroatoms. The minimum atomic E-state index is -0.158. The lowest BCUT2D eigenvalue weighted by atomic mass is 9.96. The fraction of sp³-hybridized carbons (Fsp3) is 0.895. The van der Waals surface area contributed by atoms with Crippen molar-refractivity contribution >= 4 is 0 Å². The summed E-state index contributed by atoms with van der Waals surface area (Å²) in [6, 6.07) is 0. The van der Waals surface area contributed by atoms with Gasteiger partial charge in [-0.2, -0.15) is 0 Å². The van der Waals surface area contributed by atoms with Crippen LogP contribution in [0.15, 0.2) is 12.2 Å². The molecule has 0 fully saturated rings. The first-order valence-electron chi connectivity index (χ1n) is 9.04. The van der Waals surface area contributed by atoms with Crippen molar-refractivity contribution in [3.05, 3.63) is 12.2 Å². The highest BCUT2D eigenvalue weighted by Gasteiger charge is 2.26. The summed E-state index contributed by atoms with van der Waals surface area (Å²) in [5.41, 5.74) is -0.302. The molecule has 0 saturated carbocycles. The van der Waals surface area contributed by atoms with Crippen LogP contribution in [0.1, 0.15) is 59.8 Å². The van der Waals surface area contributed by atoms with Gasteiger partial charge in [0.05, 0.1) is 37.1 Å². The normalized spacial score (nSPS) is 21.7. The zero-order valence-corrected chi connectivity index (χ0v) is 15.8.